The molecule has 0 fully saturated rings. The van der Waals surface area contributed by atoms with Crippen molar-refractivity contribution in [2.24, 2.45) is 0 Å². The van der Waals surface area contributed by atoms with E-state index >= 15 is 0 Å². The number of thiophene rings is 4. The van der Waals surface area contributed by atoms with Crippen molar-refractivity contribution in [1.29, 1.82) is 0 Å². The minimum atomic E-state index is 0.995. The lowest BCUT2D eigenvalue weighted by Gasteiger charge is -2.10. The average molecular weight is 647 g/mol. The summed E-state index contributed by atoms with van der Waals surface area (Å²) in [5.74, 6) is 0. The van der Waals surface area contributed by atoms with Crippen molar-refractivity contribution in [3.05, 3.63) is 97.1 Å². The Morgan fingerprint density at radius 3 is 1.93 bits per heavy atom. The maximum atomic E-state index is 3.92. The van der Waals surface area contributed by atoms with Crippen molar-refractivity contribution in [1.82, 2.24) is 4.68 Å². The van der Waals surface area contributed by atoms with Crippen LogP contribution >= 0.6 is 45.3 Å². The van der Waals surface area contributed by atoms with Crippen LogP contribution in [-0.4, -0.2) is 11.2 Å². The number of benzene rings is 3. The first-order chi connectivity index (χ1) is 21.8. The molecule has 8 aromatic rings. The van der Waals surface area contributed by atoms with Gasteiger partial charge >= 0.3 is 0 Å². The third kappa shape index (κ3) is 5.08. The zero-order chi connectivity index (χ0) is 29.5. The Kier molecular flexibility index (Phi) is 7.77. The monoisotopic (exact) mass is 646 g/mol. The molecule has 0 radical (unpaired) electrons. The van der Waals surface area contributed by atoms with Gasteiger partial charge in [0.05, 0.1) is 23.6 Å². The normalized spacial score (nSPS) is 11.9. The fourth-order valence-corrected chi connectivity index (χ4v) is 11.5. The van der Waals surface area contributed by atoms with Crippen LogP contribution in [0.5, 0.6) is 0 Å². The second kappa shape index (κ2) is 12.2. The predicted molar refractivity (Wildman–Crippen MR) is 200 cm³/mol. The second-order valence-electron chi connectivity index (χ2n) is 11.5. The Balaban J connectivity index is 1.19. The first-order valence-corrected chi connectivity index (χ1v) is 18.9. The Morgan fingerprint density at radius 2 is 1.16 bits per heavy atom. The van der Waals surface area contributed by atoms with Gasteiger partial charge in [0, 0.05) is 26.4 Å². The summed E-state index contributed by atoms with van der Waals surface area (Å²) >= 11 is 7.80. The van der Waals surface area contributed by atoms with Gasteiger partial charge in [-0.3, -0.25) is 4.68 Å². The maximum absolute atomic E-state index is 3.92. The first kappa shape index (κ1) is 28.1. The number of nitrogens with zero attached hydrogens (tertiary/aromatic N) is 1. The van der Waals surface area contributed by atoms with Crippen molar-refractivity contribution in [3.8, 4) is 32.0 Å². The number of nitrogens with one attached hydrogen (secondary N) is 1. The molecule has 5 heterocycles. The zero-order valence-corrected chi connectivity index (χ0v) is 28.0. The van der Waals surface area contributed by atoms with Crippen LogP contribution in [0.3, 0.4) is 0 Å². The van der Waals surface area contributed by atoms with Crippen LogP contribution in [0.2, 0.25) is 0 Å². The topological polar surface area (TPSA) is 17.0 Å². The fraction of sp³-hybridized carbons (Fsp3) is 0.211. The van der Waals surface area contributed by atoms with Crippen molar-refractivity contribution in [2.75, 3.05) is 12.0 Å². The van der Waals surface area contributed by atoms with Gasteiger partial charge in [0.1, 0.15) is 5.52 Å². The molecule has 0 spiro atoms. The van der Waals surface area contributed by atoms with Crippen molar-refractivity contribution in [3.63, 3.8) is 0 Å². The van der Waals surface area contributed by atoms with E-state index in [1.165, 1.54) is 110 Å². The van der Waals surface area contributed by atoms with Gasteiger partial charge in [0.25, 0.3) is 0 Å². The van der Waals surface area contributed by atoms with E-state index in [0.29, 0.717) is 0 Å². The molecule has 5 aromatic heterocycles. The predicted octanol–water partition coefficient (Wildman–Crippen LogP) is 13.3. The minimum Gasteiger partial charge on any atom is -0.325 e. The van der Waals surface area contributed by atoms with E-state index in [2.05, 4.69) is 114 Å². The average Bonchev–Trinajstić information content (AvgIpc) is 3.86. The van der Waals surface area contributed by atoms with Crippen LogP contribution in [0.1, 0.15) is 45.4 Å². The lowest BCUT2D eigenvalue weighted by Crippen LogP contribution is -2.15. The molecular weight excluding hydrogens is 613 g/mol. The smallest absolute Gasteiger partial charge is 0.100 e. The fourth-order valence-electron chi connectivity index (χ4n) is 6.20. The van der Waals surface area contributed by atoms with Gasteiger partial charge in [0.2, 0.25) is 0 Å². The number of hydrogen-bond acceptors (Lipinski definition) is 5. The van der Waals surface area contributed by atoms with Gasteiger partial charge < -0.3 is 5.43 Å². The van der Waals surface area contributed by atoms with Gasteiger partial charge in [-0.05, 0) is 40.8 Å². The Morgan fingerprint density at radius 1 is 0.545 bits per heavy atom. The van der Waals surface area contributed by atoms with Crippen LogP contribution in [0.25, 0.3) is 71.2 Å². The van der Waals surface area contributed by atoms with Crippen molar-refractivity contribution < 1.29 is 0 Å². The summed E-state index contributed by atoms with van der Waals surface area (Å²) in [5.41, 5.74) is 11.8. The van der Waals surface area contributed by atoms with Gasteiger partial charge in [0.15, 0.2) is 0 Å². The molecule has 0 amide bonds. The van der Waals surface area contributed by atoms with Crippen LogP contribution in [-0.2, 0) is 0 Å². The highest BCUT2D eigenvalue weighted by Gasteiger charge is 2.24. The van der Waals surface area contributed by atoms with E-state index in [4.69, 9.17) is 0 Å². The van der Waals surface area contributed by atoms with Crippen LogP contribution < -0.4 is 5.43 Å². The Bertz CT molecular complexity index is 2170. The maximum Gasteiger partial charge on any atom is 0.100 e. The summed E-state index contributed by atoms with van der Waals surface area (Å²) in [5, 5.41) is 1.38. The SMILES string of the molecule is CCCCCCCCNn1c2c3cc(-c4ccccc4)sc3sc2c2sc3cc(-c4ccc(-c5ccccc5)cc4)sc3c21. The summed E-state index contributed by atoms with van der Waals surface area (Å²) in [6.07, 6.45) is 7.83. The van der Waals surface area contributed by atoms with Crippen molar-refractivity contribution in [2.45, 2.75) is 45.4 Å². The van der Waals surface area contributed by atoms with Crippen LogP contribution in [0.15, 0.2) is 97.1 Å². The largest absolute Gasteiger partial charge is 0.325 e. The molecule has 3 aromatic carbocycles. The lowest BCUT2D eigenvalue weighted by molar-refractivity contribution is 0.610. The number of fused-ring (bicyclic) bond motifs is 7. The molecule has 220 valence electrons. The van der Waals surface area contributed by atoms with Crippen LogP contribution in [0, 0.1) is 0 Å². The third-order valence-corrected chi connectivity index (χ3v) is 13.6. The summed E-state index contributed by atoms with van der Waals surface area (Å²) in [6.45, 7) is 3.28. The molecule has 8 rings (SSSR count). The second-order valence-corrected chi connectivity index (χ2v) is 15.9. The van der Waals surface area contributed by atoms with Gasteiger partial charge in [-0.15, -0.1) is 45.3 Å². The molecule has 0 aliphatic rings. The lowest BCUT2D eigenvalue weighted by atomic mass is 10.0. The Hall–Kier alpha value is -3.42. The Labute approximate surface area is 274 Å². The molecule has 0 bridgehead atoms. The molecule has 0 aliphatic carbocycles. The minimum absolute atomic E-state index is 0.995. The van der Waals surface area contributed by atoms with E-state index in [1.807, 2.05) is 45.3 Å². The summed E-state index contributed by atoms with van der Waals surface area (Å²) < 4.78 is 9.53. The standard InChI is InChI=1S/C38H34N2S4/c1-2-3-4-5-6-13-22-39-40-33-29-23-30(27-16-11-8-12-17-27)43-38(29)44-36(33)37-34(40)35-32(42-37)24-31(41-35)28-20-18-26(19-21-28)25-14-9-7-10-15-25/h7-12,14-21,23-24,39H,2-6,13,22H2,1H3. The molecule has 0 unspecified atom stereocenters. The number of unbranched alkanes of at least 4 members (excludes halogenated alkanes) is 5. The van der Waals surface area contributed by atoms with E-state index in [9.17, 15) is 0 Å². The number of hydrogen-bond donors (Lipinski definition) is 1. The molecule has 0 aliphatic heterocycles. The molecular formula is C38H34N2S4. The quantitative estimate of drug-likeness (QED) is 0.138. The molecule has 44 heavy (non-hydrogen) atoms. The summed E-state index contributed by atoms with van der Waals surface area (Å²) in [6, 6.07) is 35.4. The third-order valence-electron chi connectivity index (χ3n) is 8.49. The molecule has 1 N–H and O–H groups in total. The highest BCUT2D eigenvalue weighted by molar-refractivity contribution is 7.45. The highest BCUT2D eigenvalue weighted by Crippen LogP contribution is 2.52. The first-order valence-electron chi connectivity index (χ1n) is 15.7. The van der Waals surface area contributed by atoms with E-state index < -0.39 is 0 Å². The van der Waals surface area contributed by atoms with E-state index in [-0.39, 0.29) is 0 Å². The van der Waals surface area contributed by atoms with E-state index in [0.717, 1.165) is 6.54 Å². The van der Waals surface area contributed by atoms with Crippen LogP contribution in [0.4, 0.5) is 0 Å². The van der Waals surface area contributed by atoms with Gasteiger partial charge in [-0.1, -0.05) is 124 Å². The molecule has 0 atom stereocenters. The summed E-state index contributed by atoms with van der Waals surface area (Å²) in [7, 11) is 0. The van der Waals surface area contributed by atoms with E-state index in [1.54, 1.807) is 0 Å². The number of rotatable bonds is 11. The molecule has 0 saturated carbocycles. The number of aromatic nitrogens is 1. The summed E-state index contributed by atoms with van der Waals surface area (Å²) in [4.78, 5) is 2.69. The highest BCUT2D eigenvalue weighted by atomic mass is 32.2. The molecule has 6 heteroatoms. The van der Waals surface area contributed by atoms with Gasteiger partial charge in [-0.25, -0.2) is 0 Å². The van der Waals surface area contributed by atoms with Gasteiger partial charge in [-0.2, -0.15) is 0 Å². The molecule has 0 saturated heterocycles. The van der Waals surface area contributed by atoms with Crippen molar-refractivity contribution >= 4 is 84.6 Å². The zero-order valence-electron chi connectivity index (χ0n) is 24.8. The molecule has 2 nitrogen and oxygen atoms in total.